The van der Waals surface area contributed by atoms with Crippen molar-refractivity contribution in [3.05, 3.63) is 48.3 Å². The zero-order valence-corrected chi connectivity index (χ0v) is 14.2. The van der Waals surface area contributed by atoms with Gasteiger partial charge in [-0.1, -0.05) is 18.2 Å². The van der Waals surface area contributed by atoms with Gasteiger partial charge in [0.2, 0.25) is 10.0 Å². The van der Waals surface area contributed by atoms with Crippen molar-refractivity contribution >= 4 is 10.0 Å². The van der Waals surface area contributed by atoms with Gasteiger partial charge in [-0.2, -0.15) is 5.10 Å². The summed E-state index contributed by atoms with van der Waals surface area (Å²) in [4.78, 5) is 2.62. The number of fused-ring (bicyclic) bond motifs is 1. The maximum Gasteiger partial charge on any atom is 0.240 e. The fourth-order valence-electron chi connectivity index (χ4n) is 2.85. The smallest absolute Gasteiger partial charge is 0.240 e. The quantitative estimate of drug-likeness (QED) is 0.902. The average molecular weight is 334 g/mol. The molecule has 6 nitrogen and oxygen atoms in total. The van der Waals surface area contributed by atoms with Crippen molar-refractivity contribution in [3.63, 3.8) is 0 Å². The summed E-state index contributed by atoms with van der Waals surface area (Å²) < 4.78 is 29.4. The van der Waals surface area contributed by atoms with Crippen LogP contribution >= 0.6 is 0 Å². The zero-order chi connectivity index (χ0) is 16.4. The molecule has 0 saturated heterocycles. The summed E-state index contributed by atoms with van der Waals surface area (Å²) in [7, 11) is -3.49. The minimum absolute atomic E-state index is 0.00497. The monoisotopic (exact) mass is 334 g/mol. The third kappa shape index (κ3) is 3.46. The molecule has 0 fully saturated rings. The average Bonchev–Trinajstić information content (AvgIpc) is 3.02. The summed E-state index contributed by atoms with van der Waals surface area (Å²) in [5, 5.41) is 4.36. The van der Waals surface area contributed by atoms with Crippen LogP contribution < -0.4 is 4.72 Å². The van der Waals surface area contributed by atoms with E-state index < -0.39 is 10.0 Å². The molecular weight excluding hydrogens is 312 g/mol. The Kier molecular flexibility index (Phi) is 4.52. The highest BCUT2D eigenvalue weighted by Gasteiger charge is 2.28. The van der Waals surface area contributed by atoms with Gasteiger partial charge in [0, 0.05) is 31.9 Å². The van der Waals surface area contributed by atoms with Crippen molar-refractivity contribution in [2.24, 2.45) is 0 Å². The van der Waals surface area contributed by atoms with Gasteiger partial charge in [0.15, 0.2) is 0 Å². The summed E-state index contributed by atoms with van der Waals surface area (Å²) in [6.07, 6.45) is 1.78. The molecule has 7 heteroatoms. The van der Waals surface area contributed by atoms with Crippen LogP contribution in [-0.2, 0) is 16.6 Å². The number of aromatic nitrogens is 2. The molecule has 0 spiro atoms. The van der Waals surface area contributed by atoms with Crippen molar-refractivity contribution in [2.45, 2.75) is 37.4 Å². The van der Waals surface area contributed by atoms with Crippen LogP contribution in [0.15, 0.2) is 47.5 Å². The molecule has 0 saturated carbocycles. The molecule has 0 aliphatic carbocycles. The van der Waals surface area contributed by atoms with Crippen molar-refractivity contribution in [3.8, 4) is 0 Å². The summed E-state index contributed by atoms with van der Waals surface area (Å²) in [5.41, 5.74) is 1.12. The van der Waals surface area contributed by atoms with Gasteiger partial charge >= 0.3 is 0 Å². The first-order valence-electron chi connectivity index (χ1n) is 7.78. The van der Waals surface area contributed by atoms with Crippen molar-refractivity contribution in [1.82, 2.24) is 19.4 Å². The summed E-state index contributed by atoms with van der Waals surface area (Å²) in [5.74, 6) is 0. The first-order valence-corrected chi connectivity index (χ1v) is 9.27. The molecule has 1 aliphatic rings. The van der Waals surface area contributed by atoms with Gasteiger partial charge < -0.3 is 0 Å². The third-order valence-electron chi connectivity index (χ3n) is 4.20. The van der Waals surface area contributed by atoms with E-state index in [1.165, 1.54) is 0 Å². The van der Waals surface area contributed by atoms with E-state index in [1.807, 2.05) is 10.7 Å². The van der Waals surface area contributed by atoms with E-state index in [9.17, 15) is 8.42 Å². The normalized spacial score (nSPS) is 19.0. The minimum Gasteiger partial charge on any atom is -0.293 e. The van der Waals surface area contributed by atoms with E-state index in [2.05, 4.69) is 28.6 Å². The minimum atomic E-state index is -3.49. The van der Waals surface area contributed by atoms with Crippen molar-refractivity contribution < 1.29 is 8.42 Å². The molecule has 1 aliphatic heterocycles. The van der Waals surface area contributed by atoms with Crippen LogP contribution in [0.25, 0.3) is 0 Å². The fraction of sp³-hybridized carbons (Fsp3) is 0.438. The first-order chi connectivity index (χ1) is 11.0. The Morgan fingerprint density at radius 3 is 2.70 bits per heavy atom. The lowest BCUT2D eigenvalue weighted by Crippen LogP contribution is -2.45. The van der Waals surface area contributed by atoms with Crippen LogP contribution in [0.2, 0.25) is 0 Å². The Bertz CT molecular complexity index is 755. The second kappa shape index (κ2) is 6.43. The molecule has 2 aromatic rings. The van der Waals surface area contributed by atoms with Gasteiger partial charge in [-0.15, -0.1) is 0 Å². The predicted molar refractivity (Wildman–Crippen MR) is 88.4 cm³/mol. The molecule has 1 aromatic carbocycles. The highest BCUT2D eigenvalue weighted by atomic mass is 32.2. The molecule has 124 valence electrons. The first kappa shape index (κ1) is 16.2. The van der Waals surface area contributed by atoms with Crippen LogP contribution in [0, 0.1) is 0 Å². The SMILES string of the molecule is CC(C)N1Cc2ccnn2C(CNS(=O)(=O)c2ccccc2)C1. The van der Waals surface area contributed by atoms with E-state index in [1.54, 1.807) is 36.5 Å². The Hall–Kier alpha value is -1.70. The molecule has 0 bridgehead atoms. The van der Waals surface area contributed by atoms with Crippen LogP contribution in [0.4, 0.5) is 0 Å². The lowest BCUT2D eigenvalue weighted by molar-refractivity contribution is 0.140. The second-order valence-electron chi connectivity index (χ2n) is 6.11. The molecule has 3 rings (SSSR count). The molecule has 0 amide bonds. The van der Waals surface area contributed by atoms with Gasteiger partial charge in [-0.05, 0) is 32.0 Å². The molecular formula is C16H22N4O2S. The second-order valence-corrected chi connectivity index (χ2v) is 7.88. The Morgan fingerprint density at radius 1 is 1.26 bits per heavy atom. The standard InChI is InChI=1S/C16H22N4O2S/c1-13(2)19-11-14-8-9-17-20(14)15(12-19)10-18-23(21,22)16-6-4-3-5-7-16/h3-9,13,15,18H,10-12H2,1-2H3. The summed E-state index contributed by atoms with van der Waals surface area (Å²) >= 11 is 0. The number of benzene rings is 1. The number of hydrogen-bond acceptors (Lipinski definition) is 4. The topological polar surface area (TPSA) is 67.2 Å². The lowest BCUT2D eigenvalue weighted by atomic mass is 10.1. The fourth-order valence-corrected chi connectivity index (χ4v) is 3.94. The molecule has 2 heterocycles. The van der Waals surface area contributed by atoms with Gasteiger partial charge in [0.05, 0.1) is 16.6 Å². The molecule has 1 N–H and O–H groups in total. The third-order valence-corrected chi connectivity index (χ3v) is 5.64. The summed E-state index contributed by atoms with van der Waals surface area (Å²) in [6, 6.07) is 10.8. The Morgan fingerprint density at radius 2 is 2.00 bits per heavy atom. The Balaban J connectivity index is 1.75. The van der Waals surface area contributed by atoms with Gasteiger partial charge in [-0.25, -0.2) is 13.1 Å². The predicted octanol–water partition coefficient (Wildman–Crippen LogP) is 1.63. The number of rotatable bonds is 5. The van der Waals surface area contributed by atoms with Crippen molar-refractivity contribution in [1.29, 1.82) is 0 Å². The molecule has 1 aromatic heterocycles. The molecule has 1 unspecified atom stereocenters. The number of nitrogens with one attached hydrogen (secondary N) is 1. The Labute approximate surface area is 137 Å². The molecule has 1 atom stereocenters. The van der Waals surface area contributed by atoms with E-state index >= 15 is 0 Å². The van der Waals surface area contributed by atoms with Gasteiger partial charge in [0.1, 0.15) is 0 Å². The maximum absolute atomic E-state index is 12.4. The molecule has 0 radical (unpaired) electrons. The highest BCUT2D eigenvalue weighted by Crippen LogP contribution is 2.22. The number of sulfonamides is 1. The van der Waals surface area contributed by atoms with Crippen LogP contribution in [-0.4, -0.2) is 42.2 Å². The highest BCUT2D eigenvalue weighted by molar-refractivity contribution is 7.89. The summed E-state index contributed by atoms with van der Waals surface area (Å²) in [6.45, 7) is 6.26. The maximum atomic E-state index is 12.4. The number of hydrogen-bond donors (Lipinski definition) is 1. The van der Waals surface area contributed by atoms with E-state index in [0.29, 0.717) is 12.6 Å². The largest absolute Gasteiger partial charge is 0.293 e. The number of nitrogens with zero attached hydrogens (tertiary/aromatic N) is 3. The van der Waals surface area contributed by atoms with E-state index in [4.69, 9.17) is 0 Å². The lowest BCUT2D eigenvalue weighted by Gasteiger charge is -2.36. The zero-order valence-electron chi connectivity index (χ0n) is 13.4. The van der Waals surface area contributed by atoms with E-state index in [0.717, 1.165) is 18.8 Å². The van der Waals surface area contributed by atoms with Crippen LogP contribution in [0.5, 0.6) is 0 Å². The van der Waals surface area contributed by atoms with Gasteiger partial charge in [0.25, 0.3) is 0 Å². The van der Waals surface area contributed by atoms with Crippen LogP contribution in [0.1, 0.15) is 25.6 Å². The van der Waals surface area contributed by atoms with Gasteiger partial charge in [-0.3, -0.25) is 9.58 Å². The molecule has 23 heavy (non-hydrogen) atoms. The van der Waals surface area contributed by atoms with Crippen LogP contribution in [0.3, 0.4) is 0 Å². The van der Waals surface area contributed by atoms with E-state index in [-0.39, 0.29) is 10.9 Å². The van der Waals surface area contributed by atoms with Crippen molar-refractivity contribution in [2.75, 3.05) is 13.1 Å².